The SMILES string of the molecule is CC(C)CN(C)C(C)CNCc1cccs1. The third kappa shape index (κ3) is 5.10. The summed E-state index contributed by atoms with van der Waals surface area (Å²) in [6.07, 6.45) is 0. The summed E-state index contributed by atoms with van der Waals surface area (Å²) in [6, 6.07) is 4.89. The molecule has 0 radical (unpaired) electrons. The molecular weight excluding hydrogens is 216 g/mol. The maximum atomic E-state index is 3.51. The first kappa shape index (κ1) is 13.7. The summed E-state index contributed by atoms with van der Waals surface area (Å²) >= 11 is 1.82. The molecule has 1 N–H and O–H groups in total. The molecule has 0 fully saturated rings. The molecule has 1 aromatic rings. The van der Waals surface area contributed by atoms with Crippen LogP contribution < -0.4 is 5.32 Å². The average Bonchev–Trinajstić information content (AvgIpc) is 2.69. The van der Waals surface area contributed by atoms with Gasteiger partial charge in [0.25, 0.3) is 0 Å². The number of thiophene rings is 1. The second-order valence-electron chi connectivity index (χ2n) is 4.89. The van der Waals surface area contributed by atoms with Crippen molar-refractivity contribution >= 4 is 11.3 Å². The minimum atomic E-state index is 0.599. The van der Waals surface area contributed by atoms with E-state index in [1.807, 2.05) is 11.3 Å². The summed E-state index contributed by atoms with van der Waals surface area (Å²) in [4.78, 5) is 3.84. The zero-order valence-corrected chi connectivity index (χ0v) is 11.7. The smallest absolute Gasteiger partial charge is 0.0300 e. The summed E-state index contributed by atoms with van der Waals surface area (Å²) in [7, 11) is 2.21. The van der Waals surface area contributed by atoms with Crippen molar-refractivity contribution in [2.24, 2.45) is 5.92 Å². The molecular formula is C13H24N2S. The van der Waals surface area contributed by atoms with E-state index in [4.69, 9.17) is 0 Å². The molecule has 1 aromatic heterocycles. The van der Waals surface area contributed by atoms with E-state index >= 15 is 0 Å². The maximum absolute atomic E-state index is 3.51. The van der Waals surface area contributed by atoms with Crippen molar-refractivity contribution in [3.63, 3.8) is 0 Å². The van der Waals surface area contributed by atoms with Crippen LogP contribution in [0.3, 0.4) is 0 Å². The molecule has 3 heteroatoms. The monoisotopic (exact) mass is 240 g/mol. The van der Waals surface area contributed by atoms with Crippen molar-refractivity contribution in [2.45, 2.75) is 33.4 Å². The first-order chi connectivity index (χ1) is 7.59. The molecule has 92 valence electrons. The fourth-order valence-corrected chi connectivity index (χ4v) is 2.40. The van der Waals surface area contributed by atoms with Crippen molar-refractivity contribution in [3.8, 4) is 0 Å². The van der Waals surface area contributed by atoms with Gasteiger partial charge in [-0.15, -0.1) is 11.3 Å². The van der Waals surface area contributed by atoms with Crippen molar-refractivity contribution in [3.05, 3.63) is 22.4 Å². The fourth-order valence-electron chi connectivity index (χ4n) is 1.73. The highest BCUT2D eigenvalue weighted by Crippen LogP contribution is 2.07. The van der Waals surface area contributed by atoms with Gasteiger partial charge in [-0.25, -0.2) is 0 Å². The van der Waals surface area contributed by atoms with Gasteiger partial charge in [0, 0.05) is 30.6 Å². The molecule has 16 heavy (non-hydrogen) atoms. The molecule has 0 aliphatic rings. The third-order valence-corrected chi connectivity index (χ3v) is 3.60. The van der Waals surface area contributed by atoms with Crippen LogP contribution in [0.25, 0.3) is 0 Å². The molecule has 0 saturated carbocycles. The molecule has 0 saturated heterocycles. The average molecular weight is 240 g/mol. The summed E-state index contributed by atoms with van der Waals surface area (Å²) in [6.45, 7) is 10.0. The summed E-state index contributed by atoms with van der Waals surface area (Å²) in [5.41, 5.74) is 0. The normalized spacial score (nSPS) is 13.6. The standard InChI is InChI=1S/C13H24N2S/c1-11(2)10-15(4)12(3)8-14-9-13-6-5-7-16-13/h5-7,11-12,14H,8-10H2,1-4H3. The van der Waals surface area contributed by atoms with E-state index in [9.17, 15) is 0 Å². The highest BCUT2D eigenvalue weighted by atomic mass is 32.1. The van der Waals surface area contributed by atoms with Crippen LogP contribution >= 0.6 is 11.3 Å². The second kappa shape index (κ2) is 7.05. The highest BCUT2D eigenvalue weighted by Gasteiger charge is 2.09. The molecule has 1 unspecified atom stereocenters. The summed E-state index contributed by atoms with van der Waals surface area (Å²) < 4.78 is 0. The van der Waals surface area contributed by atoms with Crippen LogP contribution in [-0.2, 0) is 6.54 Å². The lowest BCUT2D eigenvalue weighted by atomic mass is 10.2. The lowest BCUT2D eigenvalue weighted by Gasteiger charge is -2.26. The van der Waals surface area contributed by atoms with Gasteiger partial charge in [-0.1, -0.05) is 19.9 Å². The zero-order valence-electron chi connectivity index (χ0n) is 10.9. The van der Waals surface area contributed by atoms with Crippen LogP contribution in [0.1, 0.15) is 25.6 Å². The Morgan fingerprint density at radius 3 is 2.69 bits per heavy atom. The predicted octanol–water partition coefficient (Wildman–Crippen LogP) is 2.81. The molecule has 0 aromatic carbocycles. The minimum Gasteiger partial charge on any atom is -0.310 e. The van der Waals surface area contributed by atoms with Crippen LogP contribution in [0.2, 0.25) is 0 Å². The van der Waals surface area contributed by atoms with Gasteiger partial charge in [-0.3, -0.25) is 0 Å². The Bertz CT molecular complexity index is 269. The largest absolute Gasteiger partial charge is 0.310 e. The van der Waals surface area contributed by atoms with Gasteiger partial charge in [0.15, 0.2) is 0 Å². The Morgan fingerprint density at radius 1 is 1.38 bits per heavy atom. The molecule has 1 heterocycles. The first-order valence-electron chi connectivity index (χ1n) is 6.03. The molecule has 1 rings (SSSR count). The van der Waals surface area contributed by atoms with E-state index in [0.717, 1.165) is 19.0 Å². The van der Waals surface area contributed by atoms with Gasteiger partial charge < -0.3 is 10.2 Å². The Hall–Kier alpha value is -0.380. The van der Waals surface area contributed by atoms with Gasteiger partial charge in [-0.2, -0.15) is 0 Å². The Morgan fingerprint density at radius 2 is 2.12 bits per heavy atom. The number of likely N-dealkylation sites (N-methyl/N-ethyl adjacent to an activating group) is 1. The van der Waals surface area contributed by atoms with Gasteiger partial charge in [0.1, 0.15) is 0 Å². The minimum absolute atomic E-state index is 0.599. The molecule has 2 nitrogen and oxygen atoms in total. The Kier molecular flexibility index (Phi) is 6.03. The number of hydrogen-bond acceptors (Lipinski definition) is 3. The lowest BCUT2D eigenvalue weighted by Crippen LogP contribution is -2.39. The lowest BCUT2D eigenvalue weighted by molar-refractivity contribution is 0.225. The third-order valence-electron chi connectivity index (χ3n) is 2.72. The van der Waals surface area contributed by atoms with Crippen molar-refractivity contribution in [2.75, 3.05) is 20.1 Å². The van der Waals surface area contributed by atoms with Crippen molar-refractivity contribution in [1.82, 2.24) is 10.2 Å². The summed E-state index contributed by atoms with van der Waals surface area (Å²) in [5.74, 6) is 0.741. The van der Waals surface area contributed by atoms with E-state index in [2.05, 4.69) is 55.5 Å². The van der Waals surface area contributed by atoms with Crippen LogP contribution in [-0.4, -0.2) is 31.1 Å². The topological polar surface area (TPSA) is 15.3 Å². The molecule has 0 spiro atoms. The van der Waals surface area contributed by atoms with E-state index in [0.29, 0.717) is 6.04 Å². The molecule has 0 bridgehead atoms. The van der Waals surface area contributed by atoms with Crippen LogP contribution in [0.5, 0.6) is 0 Å². The second-order valence-corrected chi connectivity index (χ2v) is 5.92. The number of nitrogens with one attached hydrogen (secondary N) is 1. The summed E-state index contributed by atoms with van der Waals surface area (Å²) in [5, 5.41) is 5.64. The van der Waals surface area contributed by atoms with Crippen LogP contribution in [0, 0.1) is 5.92 Å². The van der Waals surface area contributed by atoms with Gasteiger partial charge in [0.2, 0.25) is 0 Å². The molecule has 0 aliphatic carbocycles. The maximum Gasteiger partial charge on any atom is 0.0300 e. The number of hydrogen-bond donors (Lipinski definition) is 1. The van der Waals surface area contributed by atoms with Crippen LogP contribution in [0.15, 0.2) is 17.5 Å². The van der Waals surface area contributed by atoms with E-state index < -0.39 is 0 Å². The molecule has 1 atom stereocenters. The number of rotatable bonds is 7. The fraction of sp³-hybridized carbons (Fsp3) is 0.692. The number of nitrogens with zero attached hydrogens (tertiary/aromatic N) is 1. The predicted molar refractivity (Wildman–Crippen MR) is 73.0 cm³/mol. The quantitative estimate of drug-likeness (QED) is 0.788. The van der Waals surface area contributed by atoms with E-state index in [1.165, 1.54) is 11.4 Å². The first-order valence-corrected chi connectivity index (χ1v) is 6.91. The van der Waals surface area contributed by atoms with E-state index in [1.54, 1.807) is 0 Å². The van der Waals surface area contributed by atoms with Crippen molar-refractivity contribution in [1.29, 1.82) is 0 Å². The van der Waals surface area contributed by atoms with Gasteiger partial charge in [-0.05, 0) is 31.3 Å². The van der Waals surface area contributed by atoms with Crippen molar-refractivity contribution < 1.29 is 0 Å². The molecule has 0 aliphatic heterocycles. The van der Waals surface area contributed by atoms with Gasteiger partial charge in [0.05, 0.1) is 0 Å². The van der Waals surface area contributed by atoms with Gasteiger partial charge >= 0.3 is 0 Å². The van der Waals surface area contributed by atoms with Crippen LogP contribution in [0.4, 0.5) is 0 Å². The Balaban J connectivity index is 2.16. The highest BCUT2D eigenvalue weighted by molar-refractivity contribution is 7.09. The Labute approximate surface area is 104 Å². The van der Waals surface area contributed by atoms with E-state index in [-0.39, 0.29) is 0 Å². The zero-order chi connectivity index (χ0) is 12.0. The molecule has 0 amide bonds.